The Labute approximate surface area is 165 Å². The number of likely N-dealkylation sites (tertiary alicyclic amines) is 1. The van der Waals surface area contributed by atoms with Crippen molar-refractivity contribution in [2.75, 3.05) is 6.54 Å². The fourth-order valence-electron chi connectivity index (χ4n) is 3.84. The highest BCUT2D eigenvalue weighted by Crippen LogP contribution is 2.32. The van der Waals surface area contributed by atoms with Crippen molar-refractivity contribution in [3.05, 3.63) is 63.4 Å². The van der Waals surface area contributed by atoms with Gasteiger partial charge >= 0.3 is 0 Å². The minimum Gasteiger partial charge on any atom is -0.353 e. The Bertz CT molecular complexity index is 1060. The maximum Gasteiger partial charge on any atom is 0.261 e. The highest BCUT2D eigenvalue weighted by molar-refractivity contribution is 9.10. The van der Waals surface area contributed by atoms with E-state index in [1.807, 2.05) is 36.3 Å². The van der Waals surface area contributed by atoms with Gasteiger partial charge in [0.15, 0.2) is 0 Å². The van der Waals surface area contributed by atoms with Gasteiger partial charge in [0.1, 0.15) is 0 Å². The maximum atomic E-state index is 12.8. The van der Waals surface area contributed by atoms with Crippen molar-refractivity contribution in [3.8, 4) is 0 Å². The van der Waals surface area contributed by atoms with E-state index in [1.54, 1.807) is 6.07 Å². The molecule has 0 aliphatic carbocycles. The lowest BCUT2D eigenvalue weighted by atomic mass is 10.1. The summed E-state index contributed by atoms with van der Waals surface area (Å²) < 4.78 is 4.44. The van der Waals surface area contributed by atoms with Gasteiger partial charge in [0.2, 0.25) is 5.91 Å². The van der Waals surface area contributed by atoms with E-state index in [9.17, 15) is 9.59 Å². The number of aromatic nitrogens is 3. The van der Waals surface area contributed by atoms with E-state index < -0.39 is 0 Å². The van der Waals surface area contributed by atoms with Gasteiger partial charge in [-0.1, -0.05) is 15.9 Å². The summed E-state index contributed by atoms with van der Waals surface area (Å²) in [4.78, 5) is 31.8. The minimum atomic E-state index is -0.116. The van der Waals surface area contributed by atoms with Crippen molar-refractivity contribution in [1.82, 2.24) is 19.0 Å². The van der Waals surface area contributed by atoms with Crippen LogP contribution in [0.2, 0.25) is 0 Å². The van der Waals surface area contributed by atoms with Gasteiger partial charge in [0.25, 0.3) is 5.56 Å². The second-order valence-corrected chi connectivity index (χ2v) is 7.86. The molecular formula is C20H21BrN4O2. The van der Waals surface area contributed by atoms with Gasteiger partial charge in [0.05, 0.1) is 23.3 Å². The van der Waals surface area contributed by atoms with Crippen LogP contribution in [-0.4, -0.2) is 31.5 Å². The van der Waals surface area contributed by atoms with E-state index in [2.05, 4.69) is 31.5 Å². The molecule has 1 aliphatic heterocycles. The summed E-state index contributed by atoms with van der Waals surface area (Å²) >= 11 is 3.39. The van der Waals surface area contributed by atoms with Crippen LogP contribution in [0.4, 0.5) is 0 Å². The number of rotatable bonds is 4. The van der Waals surface area contributed by atoms with E-state index in [0.29, 0.717) is 23.9 Å². The molecule has 1 unspecified atom stereocenters. The topological polar surface area (TPSA) is 60.1 Å². The molecule has 3 aromatic rings. The number of aryl methyl sites for hydroxylation is 2. The number of amides is 1. The molecule has 6 nitrogen and oxygen atoms in total. The van der Waals surface area contributed by atoms with E-state index in [1.165, 1.54) is 10.9 Å². The summed E-state index contributed by atoms with van der Waals surface area (Å²) in [5, 5.41) is 0.558. The summed E-state index contributed by atoms with van der Waals surface area (Å²) in [6, 6.07) is 9.65. The number of nitrogens with zero attached hydrogens (tertiary/aromatic N) is 4. The Morgan fingerprint density at radius 2 is 2.19 bits per heavy atom. The third-order valence-electron chi connectivity index (χ3n) is 5.25. The van der Waals surface area contributed by atoms with Crippen molar-refractivity contribution < 1.29 is 4.79 Å². The molecule has 1 amide bonds. The predicted octanol–water partition coefficient (Wildman–Crippen LogP) is 3.25. The molecule has 4 rings (SSSR count). The van der Waals surface area contributed by atoms with Crippen LogP contribution >= 0.6 is 15.9 Å². The molecule has 140 valence electrons. The van der Waals surface area contributed by atoms with Crippen LogP contribution in [0, 0.1) is 0 Å². The van der Waals surface area contributed by atoms with Crippen molar-refractivity contribution in [3.63, 3.8) is 0 Å². The van der Waals surface area contributed by atoms with E-state index >= 15 is 0 Å². The second kappa shape index (κ2) is 7.31. The average molecular weight is 429 g/mol. The highest BCUT2D eigenvalue weighted by Gasteiger charge is 2.30. The molecule has 27 heavy (non-hydrogen) atoms. The van der Waals surface area contributed by atoms with Crippen molar-refractivity contribution in [2.24, 2.45) is 7.05 Å². The van der Waals surface area contributed by atoms with Gasteiger partial charge in [-0.2, -0.15) is 0 Å². The molecule has 1 fully saturated rings. The lowest BCUT2D eigenvalue weighted by molar-refractivity contribution is -0.132. The lowest BCUT2D eigenvalue weighted by Gasteiger charge is -2.25. The van der Waals surface area contributed by atoms with Crippen LogP contribution in [0.25, 0.3) is 10.9 Å². The van der Waals surface area contributed by atoms with Crippen LogP contribution in [0.1, 0.15) is 31.0 Å². The molecule has 0 N–H and O–H groups in total. The third-order valence-corrected chi connectivity index (χ3v) is 5.74. The van der Waals surface area contributed by atoms with Crippen molar-refractivity contribution in [1.29, 1.82) is 0 Å². The number of hydrogen-bond acceptors (Lipinski definition) is 3. The molecule has 3 heterocycles. The summed E-state index contributed by atoms with van der Waals surface area (Å²) in [5.41, 5.74) is 1.71. The fourth-order valence-corrected chi connectivity index (χ4v) is 4.20. The monoisotopic (exact) mass is 428 g/mol. The molecule has 7 heteroatoms. The average Bonchev–Trinajstić information content (AvgIpc) is 3.30. The van der Waals surface area contributed by atoms with Crippen LogP contribution in [-0.2, 0) is 18.4 Å². The zero-order valence-corrected chi connectivity index (χ0v) is 16.7. The van der Waals surface area contributed by atoms with Crippen LogP contribution in [0.5, 0.6) is 0 Å². The SMILES string of the molecule is Cn1cccc1C1CCCN1C(=O)CCn1cnc2ccc(Br)cc2c1=O. The van der Waals surface area contributed by atoms with Crippen LogP contribution in [0.3, 0.4) is 0 Å². The Balaban J connectivity index is 1.51. The first-order valence-electron chi connectivity index (χ1n) is 9.10. The molecule has 1 saturated heterocycles. The van der Waals surface area contributed by atoms with Crippen molar-refractivity contribution in [2.45, 2.75) is 31.8 Å². The molecule has 2 aromatic heterocycles. The Morgan fingerprint density at radius 3 is 2.96 bits per heavy atom. The fraction of sp³-hybridized carbons (Fsp3) is 0.350. The van der Waals surface area contributed by atoms with Gasteiger partial charge < -0.3 is 9.47 Å². The smallest absolute Gasteiger partial charge is 0.261 e. The minimum absolute atomic E-state index is 0.0833. The molecular weight excluding hydrogens is 408 g/mol. The largest absolute Gasteiger partial charge is 0.353 e. The number of hydrogen-bond donors (Lipinski definition) is 0. The van der Waals surface area contributed by atoms with Gasteiger partial charge in [0, 0.05) is 42.9 Å². The Hall–Kier alpha value is -2.41. The third kappa shape index (κ3) is 3.43. The van der Waals surface area contributed by atoms with Crippen LogP contribution in [0.15, 0.2) is 52.1 Å². The van der Waals surface area contributed by atoms with Gasteiger partial charge in [-0.25, -0.2) is 4.98 Å². The molecule has 0 saturated carbocycles. The van der Waals surface area contributed by atoms with Gasteiger partial charge in [-0.05, 0) is 43.2 Å². The number of benzene rings is 1. The number of carbonyl (C=O) groups is 1. The van der Waals surface area contributed by atoms with Crippen LogP contribution < -0.4 is 5.56 Å². The number of carbonyl (C=O) groups excluding carboxylic acids is 1. The van der Waals surface area contributed by atoms with E-state index in [0.717, 1.165) is 29.6 Å². The second-order valence-electron chi connectivity index (χ2n) is 6.94. The predicted molar refractivity (Wildman–Crippen MR) is 107 cm³/mol. The number of fused-ring (bicyclic) bond motifs is 1. The quantitative estimate of drug-likeness (QED) is 0.640. The standard InChI is InChI=1S/C20H21BrN4O2/c1-23-9-2-4-17(23)18-5-3-10-25(18)19(26)8-11-24-13-22-16-7-6-14(21)12-15(16)20(24)27/h2,4,6-7,9,12-13,18H,3,5,8,10-11H2,1H3. The summed E-state index contributed by atoms with van der Waals surface area (Å²) in [5.74, 6) is 0.0833. The van der Waals surface area contributed by atoms with E-state index in [-0.39, 0.29) is 17.5 Å². The van der Waals surface area contributed by atoms with E-state index in [4.69, 9.17) is 0 Å². The first-order chi connectivity index (χ1) is 13.0. The summed E-state index contributed by atoms with van der Waals surface area (Å²) in [6.07, 6.45) is 5.82. The molecule has 1 aliphatic rings. The molecule has 1 aromatic carbocycles. The summed E-state index contributed by atoms with van der Waals surface area (Å²) in [7, 11) is 2.01. The molecule has 0 bridgehead atoms. The summed E-state index contributed by atoms with van der Waals surface area (Å²) in [6.45, 7) is 1.11. The first kappa shape index (κ1) is 18.0. The normalized spacial score (nSPS) is 17.0. The van der Waals surface area contributed by atoms with Gasteiger partial charge in [-0.15, -0.1) is 0 Å². The van der Waals surface area contributed by atoms with Gasteiger partial charge in [-0.3, -0.25) is 14.2 Å². The molecule has 1 atom stereocenters. The Kier molecular flexibility index (Phi) is 4.86. The van der Waals surface area contributed by atoms with Crippen molar-refractivity contribution >= 4 is 32.7 Å². The lowest BCUT2D eigenvalue weighted by Crippen LogP contribution is -2.33. The zero-order valence-electron chi connectivity index (χ0n) is 15.1. The molecule has 0 radical (unpaired) electrons. The number of halogens is 1. The molecule has 0 spiro atoms. The first-order valence-corrected chi connectivity index (χ1v) is 9.89. The zero-order chi connectivity index (χ0) is 19.0. The highest BCUT2D eigenvalue weighted by atomic mass is 79.9. The Morgan fingerprint density at radius 1 is 1.33 bits per heavy atom. The maximum absolute atomic E-state index is 12.8.